The highest BCUT2D eigenvalue weighted by Crippen LogP contribution is 2.30. The summed E-state index contributed by atoms with van der Waals surface area (Å²) in [7, 11) is 0. The summed E-state index contributed by atoms with van der Waals surface area (Å²) in [5, 5.41) is 9.29. The average molecular weight is 374 g/mol. The van der Waals surface area contributed by atoms with E-state index in [0.717, 1.165) is 11.6 Å². The predicted molar refractivity (Wildman–Crippen MR) is 95.8 cm³/mol. The zero-order valence-corrected chi connectivity index (χ0v) is 14.9. The van der Waals surface area contributed by atoms with Crippen LogP contribution in [0.25, 0.3) is 0 Å². The van der Waals surface area contributed by atoms with Gasteiger partial charge >= 0.3 is 6.18 Å². The Morgan fingerprint density at radius 1 is 1.00 bits per heavy atom. The minimum atomic E-state index is -4.33. The van der Waals surface area contributed by atoms with E-state index in [1.807, 2.05) is 37.3 Å². The first-order valence-corrected chi connectivity index (χ1v) is 7.95. The third-order valence-corrected chi connectivity index (χ3v) is 4.02. The lowest BCUT2D eigenvalue weighted by Gasteiger charge is -2.29. The fourth-order valence-corrected chi connectivity index (χ4v) is 2.75. The smallest absolute Gasteiger partial charge is 0.395 e. The van der Waals surface area contributed by atoms with Crippen LogP contribution in [-0.2, 0) is 19.1 Å². The van der Waals surface area contributed by atoms with Crippen LogP contribution in [-0.4, -0.2) is 29.2 Å². The molecule has 0 heterocycles. The molecule has 0 aliphatic heterocycles. The molecule has 2 aromatic carbocycles. The van der Waals surface area contributed by atoms with Crippen molar-refractivity contribution >= 4 is 12.4 Å². The van der Waals surface area contributed by atoms with Gasteiger partial charge in [0.15, 0.2) is 0 Å². The van der Waals surface area contributed by atoms with E-state index in [0.29, 0.717) is 25.1 Å². The molecule has 0 saturated heterocycles. The second kappa shape index (κ2) is 9.80. The van der Waals surface area contributed by atoms with Crippen LogP contribution in [0, 0.1) is 0 Å². The Hall–Kier alpha value is -1.56. The fraction of sp³-hybridized carbons (Fsp3) is 0.368. The summed E-state index contributed by atoms with van der Waals surface area (Å²) >= 11 is 0. The number of aliphatic hydroxyl groups is 1. The first-order chi connectivity index (χ1) is 11.4. The van der Waals surface area contributed by atoms with Crippen LogP contribution in [0.1, 0.15) is 23.6 Å². The lowest BCUT2D eigenvalue weighted by atomic mass is 10.0. The van der Waals surface area contributed by atoms with Crippen LogP contribution in [0.4, 0.5) is 13.2 Å². The van der Waals surface area contributed by atoms with Gasteiger partial charge in [0.05, 0.1) is 12.2 Å². The van der Waals surface area contributed by atoms with Gasteiger partial charge in [-0.2, -0.15) is 13.2 Å². The first-order valence-electron chi connectivity index (χ1n) is 7.95. The van der Waals surface area contributed by atoms with Gasteiger partial charge in [-0.3, -0.25) is 4.90 Å². The lowest BCUT2D eigenvalue weighted by Crippen LogP contribution is -2.36. The maximum Gasteiger partial charge on any atom is 0.416 e. The molecule has 1 unspecified atom stereocenters. The van der Waals surface area contributed by atoms with Crippen molar-refractivity contribution in [1.82, 2.24) is 4.90 Å². The Kier molecular flexibility index (Phi) is 8.42. The summed E-state index contributed by atoms with van der Waals surface area (Å²) in [5.41, 5.74) is 1.14. The molecule has 2 aromatic rings. The Bertz CT molecular complexity index is 634. The number of benzene rings is 2. The average Bonchev–Trinajstić information content (AvgIpc) is 2.55. The van der Waals surface area contributed by atoms with Gasteiger partial charge in [-0.25, -0.2) is 0 Å². The first kappa shape index (κ1) is 21.5. The second-order valence-corrected chi connectivity index (χ2v) is 5.93. The molecule has 1 N–H and O–H groups in total. The number of alkyl halides is 3. The molecular formula is C19H23ClF3NO. The molecule has 138 valence electrons. The molecule has 0 radical (unpaired) electrons. The van der Waals surface area contributed by atoms with Crippen molar-refractivity contribution in [3.05, 3.63) is 71.3 Å². The van der Waals surface area contributed by atoms with Crippen molar-refractivity contribution in [3.63, 3.8) is 0 Å². The highest BCUT2D eigenvalue weighted by atomic mass is 35.5. The van der Waals surface area contributed by atoms with Crippen molar-refractivity contribution in [2.75, 3.05) is 13.2 Å². The van der Waals surface area contributed by atoms with E-state index in [-0.39, 0.29) is 25.1 Å². The maximum absolute atomic E-state index is 12.8. The summed E-state index contributed by atoms with van der Waals surface area (Å²) in [6, 6.07) is 15.3. The summed E-state index contributed by atoms with van der Waals surface area (Å²) in [6.45, 7) is 3.12. The standard InChI is InChI=1S/C19H22F3NO.ClH/c1-15(12-17-8-5-9-18(13-17)19(20,21)22)23(10-11-24)14-16-6-3-2-4-7-16;/h2-9,13,15,24H,10-12,14H2,1H3;1H. The topological polar surface area (TPSA) is 23.5 Å². The molecule has 6 heteroatoms. The highest BCUT2D eigenvalue weighted by molar-refractivity contribution is 5.85. The number of halogens is 4. The molecule has 0 bridgehead atoms. The van der Waals surface area contributed by atoms with Gasteiger partial charge in [-0.1, -0.05) is 48.5 Å². The van der Waals surface area contributed by atoms with E-state index in [1.165, 1.54) is 12.1 Å². The molecule has 0 amide bonds. The normalized spacial score (nSPS) is 12.7. The van der Waals surface area contributed by atoms with E-state index in [1.54, 1.807) is 6.07 Å². The third kappa shape index (κ3) is 6.69. The Labute approximate surface area is 152 Å². The molecule has 0 spiro atoms. The number of rotatable bonds is 7. The number of aliphatic hydroxyl groups excluding tert-OH is 1. The summed E-state index contributed by atoms with van der Waals surface area (Å²) in [5.74, 6) is 0. The number of hydrogen-bond acceptors (Lipinski definition) is 2. The second-order valence-electron chi connectivity index (χ2n) is 5.93. The van der Waals surface area contributed by atoms with E-state index < -0.39 is 11.7 Å². The van der Waals surface area contributed by atoms with Gasteiger partial charge in [0, 0.05) is 19.1 Å². The maximum atomic E-state index is 12.8. The Morgan fingerprint density at radius 3 is 2.24 bits per heavy atom. The van der Waals surface area contributed by atoms with Crippen LogP contribution >= 0.6 is 12.4 Å². The number of hydrogen-bond donors (Lipinski definition) is 1. The summed E-state index contributed by atoms with van der Waals surface area (Å²) < 4.78 is 38.5. The van der Waals surface area contributed by atoms with Crippen LogP contribution in [0.5, 0.6) is 0 Å². The fourth-order valence-electron chi connectivity index (χ4n) is 2.75. The van der Waals surface area contributed by atoms with Crippen LogP contribution in [0.3, 0.4) is 0 Å². The molecule has 0 saturated carbocycles. The molecule has 2 rings (SSSR count). The van der Waals surface area contributed by atoms with E-state index >= 15 is 0 Å². The zero-order valence-electron chi connectivity index (χ0n) is 14.0. The van der Waals surface area contributed by atoms with Gasteiger partial charge in [0.1, 0.15) is 0 Å². The van der Waals surface area contributed by atoms with Crippen molar-refractivity contribution in [2.45, 2.75) is 32.1 Å². The SMILES string of the molecule is CC(Cc1cccc(C(F)(F)F)c1)N(CCO)Cc1ccccc1.Cl. The molecular weight excluding hydrogens is 351 g/mol. The minimum absolute atomic E-state index is 0. The molecule has 0 aliphatic rings. The molecule has 0 aromatic heterocycles. The lowest BCUT2D eigenvalue weighted by molar-refractivity contribution is -0.137. The van der Waals surface area contributed by atoms with E-state index in [2.05, 4.69) is 4.90 Å². The third-order valence-electron chi connectivity index (χ3n) is 4.02. The van der Waals surface area contributed by atoms with Crippen LogP contribution in [0.2, 0.25) is 0 Å². The molecule has 0 aliphatic carbocycles. The molecule has 25 heavy (non-hydrogen) atoms. The summed E-state index contributed by atoms with van der Waals surface area (Å²) in [6.07, 6.45) is -3.83. The number of nitrogens with zero attached hydrogens (tertiary/aromatic N) is 1. The molecule has 2 nitrogen and oxygen atoms in total. The van der Waals surface area contributed by atoms with Gasteiger partial charge in [-0.15, -0.1) is 12.4 Å². The Morgan fingerprint density at radius 2 is 1.64 bits per heavy atom. The molecule has 1 atom stereocenters. The Balaban J connectivity index is 0.00000312. The van der Waals surface area contributed by atoms with Gasteiger partial charge in [-0.05, 0) is 30.5 Å². The quantitative estimate of drug-likeness (QED) is 0.769. The predicted octanol–water partition coefficient (Wildman–Crippen LogP) is 4.55. The largest absolute Gasteiger partial charge is 0.416 e. The van der Waals surface area contributed by atoms with Crippen molar-refractivity contribution in [1.29, 1.82) is 0 Å². The van der Waals surface area contributed by atoms with Crippen LogP contribution < -0.4 is 0 Å². The van der Waals surface area contributed by atoms with Crippen LogP contribution in [0.15, 0.2) is 54.6 Å². The van der Waals surface area contributed by atoms with Gasteiger partial charge in [0.2, 0.25) is 0 Å². The van der Waals surface area contributed by atoms with Gasteiger partial charge in [0.25, 0.3) is 0 Å². The van der Waals surface area contributed by atoms with Crippen molar-refractivity contribution in [2.24, 2.45) is 0 Å². The van der Waals surface area contributed by atoms with E-state index in [9.17, 15) is 18.3 Å². The van der Waals surface area contributed by atoms with Gasteiger partial charge < -0.3 is 5.11 Å². The minimum Gasteiger partial charge on any atom is -0.395 e. The van der Waals surface area contributed by atoms with Crippen molar-refractivity contribution < 1.29 is 18.3 Å². The monoisotopic (exact) mass is 373 g/mol. The summed E-state index contributed by atoms with van der Waals surface area (Å²) in [4.78, 5) is 2.08. The van der Waals surface area contributed by atoms with E-state index in [4.69, 9.17) is 0 Å². The highest BCUT2D eigenvalue weighted by Gasteiger charge is 2.30. The van der Waals surface area contributed by atoms with Crippen molar-refractivity contribution in [3.8, 4) is 0 Å². The molecule has 0 fully saturated rings. The zero-order chi connectivity index (χ0) is 17.6.